The van der Waals surface area contributed by atoms with Crippen molar-refractivity contribution in [3.05, 3.63) is 60.2 Å². The lowest BCUT2D eigenvalue weighted by Gasteiger charge is -2.24. The molecule has 0 aliphatic rings. The molecular formula is C17H21NO. The van der Waals surface area contributed by atoms with E-state index in [0.717, 1.165) is 17.9 Å². The molecule has 0 spiro atoms. The first-order chi connectivity index (χ1) is 9.12. The van der Waals surface area contributed by atoms with Crippen LogP contribution in [0.5, 0.6) is 11.5 Å². The summed E-state index contributed by atoms with van der Waals surface area (Å²) in [6.07, 6.45) is 0.978. The van der Waals surface area contributed by atoms with Gasteiger partial charge in [-0.3, -0.25) is 0 Å². The molecule has 0 unspecified atom stereocenters. The monoisotopic (exact) mass is 255 g/mol. The minimum atomic E-state index is 0.111. The van der Waals surface area contributed by atoms with Gasteiger partial charge in [0.15, 0.2) is 0 Å². The quantitative estimate of drug-likeness (QED) is 0.872. The van der Waals surface area contributed by atoms with Gasteiger partial charge in [0.2, 0.25) is 0 Å². The van der Waals surface area contributed by atoms with Gasteiger partial charge in [0.1, 0.15) is 11.5 Å². The first-order valence-electron chi connectivity index (χ1n) is 6.65. The molecule has 0 heterocycles. The predicted octanol–water partition coefficient (Wildman–Crippen LogP) is 4.11. The van der Waals surface area contributed by atoms with Gasteiger partial charge in [-0.05, 0) is 48.2 Å². The van der Waals surface area contributed by atoms with Crippen LogP contribution in [-0.2, 0) is 5.41 Å². The maximum atomic E-state index is 5.78. The Balaban J connectivity index is 2.11. The van der Waals surface area contributed by atoms with Crippen molar-refractivity contribution in [2.45, 2.75) is 25.7 Å². The molecule has 0 saturated carbocycles. The van der Waals surface area contributed by atoms with Crippen LogP contribution in [0.4, 0.5) is 0 Å². The van der Waals surface area contributed by atoms with E-state index in [4.69, 9.17) is 10.5 Å². The SMILES string of the molecule is CC(C)(CCN)c1ccc(Oc2ccccc2)cc1. The molecule has 2 heteroatoms. The fourth-order valence-corrected chi connectivity index (χ4v) is 2.10. The molecule has 2 rings (SSSR count). The number of rotatable bonds is 5. The van der Waals surface area contributed by atoms with Crippen molar-refractivity contribution in [3.8, 4) is 11.5 Å². The van der Waals surface area contributed by atoms with E-state index in [9.17, 15) is 0 Å². The van der Waals surface area contributed by atoms with Crippen LogP contribution in [0, 0.1) is 0 Å². The Labute approximate surface area is 115 Å². The van der Waals surface area contributed by atoms with E-state index >= 15 is 0 Å². The van der Waals surface area contributed by atoms with Gasteiger partial charge in [-0.25, -0.2) is 0 Å². The van der Waals surface area contributed by atoms with Crippen molar-refractivity contribution >= 4 is 0 Å². The summed E-state index contributed by atoms with van der Waals surface area (Å²) in [6.45, 7) is 5.13. The van der Waals surface area contributed by atoms with Crippen molar-refractivity contribution in [1.82, 2.24) is 0 Å². The summed E-state index contributed by atoms with van der Waals surface area (Å²) in [5.74, 6) is 1.72. The number of para-hydroxylation sites is 1. The fraction of sp³-hybridized carbons (Fsp3) is 0.294. The summed E-state index contributed by atoms with van der Waals surface area (Å²) in [4.78, 5) is 0. The summed E-state index contributed by atoms with van der Waals surface area (Å²) in [5, 5.41) is 0. The lowest BCUT2D eigenvalue weighted by Crippen LogP contribution is -2.21. The first-order valence-corrected chi connectivity index (χ1v) is 6.65. The van der Waals surface area contributed by atoms with Gasteiger partial charge in [0.05, 0.1) is 0 Å². The molecule has 2 nitrogen and oxygen atoms in total. The topological polar surface area (TPSA) is 35.2 Å². The number of benzene rings is 2. The van der Waals surface area contributed by atoms with Crippen molar-refractivity contribution in [1.29, 1.82) is 0 Å². The highest BCUT2D eigenvalue weighted by Crippen LogP contribution is 2.29. The van der Waals surface area contributed by atoms with Crippen molar-refractivity contribution < 1.29 is 4.74 Å². The highest BCUT2D eigenvalue weighted by atomic mass is 16.5. The summed E-state index contributed by atoms with van der Waals surface area (Å²) >= 11 is 0. The largest absolute Gasteiger partial charge is 0.457 e. The number of ether oxygens (including phenoxy) is 1. The van der Waals surface area contributed by atoms with Crippen LogP contribution in [0.3, 0.4) is 0 Å². The van der Waals surface area contributed by atoms with Crippen LogP contribution in [0.15, 0.2) is 54.6 Å². The maximum absolute atomic E-state index is 5.78. The van der Waals surface area contributed by atoms with Gasteiger partial charge < -0.3 is 10.5 Å². The molecule has 0 amide bonds. The van der Waals surface area contributed by atoms with E-state index in [0.29, 0.717) is 6.54 Å². The van der Waals surface area contributed by atoms with Crippen LogP contribution in [0.25, 0.3) is 0 Å². The van der Waals surface area contributed by atoms with Crippen LogP contribution in [-0.4, -0.2) is 6.54 Å². The molecule has 0 atom stereocenters. The Morgan fingerprint density at radius 1 is 0.895 bits per heavy atom. The van der Waals surface area contributed by atoms with E-state index in [-0.39, 0.29) is 5.41 Å². The lowest BCUT2D eigenvalue weighted by molar-refractivity contribution is 0.474. The zero-order chi connectivity index (χ0) is 13.7. The normalized spacial score (nSPS) is 11.3. The third-order valence-corrected chi connectivity index (χ3v) is 3.38. The highest BCUT2D eigenvalue weighted by Gasteiger charge is 2.19. The average molecular weight is 255 g/mol. The van der Waals surface area contributed by atoms with E-state index in [1.54, 1.807) is 0 Å². The predicted molar refractivity (Wildman–Crippen MR) is 79.7 cm³/mol. The molecule has 2 aromatic rings. The van der Waals surface area contributed by atoms with Gasteiger partial charge in [-0.1, -0.05) is 44.2 Å². The van der Waals surface area contributed by atoms with Gasteiger partial charge >= 0.3 is 0 Å². The molecule has 0 radical (unpaired) electrons. The Morgan fingerprint density at radius 3 is 2.05 bits per heavy atom. The standard InChI is InChI=1S/C17H21NO/c1-17(2,12-13-18)14-8-10-16(11-9-14)19-15-6-4-3-5-7-15/h3-11H,12-13,18H2,1-2H3. The van der Waals surface area contributed by atoms with Gasteiger partial charge in [-0.2, -0.15) is 0 Å². The second-order valence-corrected chi connectivity index (χ2v) is 5.36. The molecule has 0 fully saturated rings. The Bertz CT molecular complexity index is 503. The second-order valence-electron chi connectivity index (χ2n) is 5.36. The van der Waals surface area contributed by atoms with Crippen LogP contribution in [0.2, 0.25) is 0 Å². The van der Waals surface area contributed by atoms with E-state index in [1.807, 2.05) is 42.5 Å². The first kappa shape index (κ1) is 13.6. The molecular weight excluding hydrogens is 234 g/mol. The minimum Gasteiger partial charge on any atom is -0.457 e. The molecule has 2 aromatic carbocycles. The van der Waals surface area contributed by atoms with Crippen molar-refractivity contribution in [2.75, 3.05) is 6.54 Å². The second kappa shape index (κ2) is 5.89. The summed E-state index contributed by atoms with van der Waals surface area (Å²) in [5.41, 5.74) is 7.06. The smallest absolute Gasteiger partial charge is 0.127 e. The molecule has 0 bridgehead atoms. The van der Waals surface area contributed by atoms with Crippen LogP contribution in [0.1, 0.15) is 25.8 Å². The highest BCUT2D eigenvalue weighted by molar-refractivity contribution is 5.35. The molecule has 0 saturated heterocycles. The number of nitrogens with two attached hydrogens (primary N) is 1. The van der Waals surface area contributed by atoms with Crippen molar-refractivity contribution in [2.24, 2.45) is 5.73 Å². The third kappa shape index (κ3) is 3.58. The fourth-order valence-electron chi connectivity index (χ4n) is 2.10. The number of hydrogen-bond acceptors (Lipinski definition) is 2. The molecule has 0 aliphatic carbocycles. The van der Waals surface area contributed by atoms with Gasteiger partial charge in [0.25, 0.3) is 0 Å². The van der Waals surface area contributed by atoms with Gasteiger partial charge in [0, 0.05) is 0 Å². The maximum Gasteiger partial charge on any atom is 0.127 e. The van der Waals surface area contributed by atoms with E-state index in [1.165, 1.54) is 5.56 Å². The lowest BCUT2D eigenvalue weighted by atomic mass is 9.82. The summed E-state index contributed by atoms with van der Waals surface area (Å²) in [7, 11) is 0. The zero-order valence-electron chi connectivity index (χ0n) is 11.6. The average Bonchev–Trinajstić information content (AvgIpc) is 2.40. The molecule has 2 N–H and O–H groups in total. The molecule has 0 aromatic heterocycles. The Kier molecular flexibility index (Phi) is 4.23. The molecule has 100 valence electrons. The summed E-state index contributed by atoms with van der Waals surface area (Å²) < 4.78 is 5.78. The zero-order valence-corrected chi connectivity index (χ0v) is 11.6. The van der Waals surface area contributed by atoms with E-state index < -0.39 is 0 Å². The van der Waals surface area contributed by atoms with Crippen molar-refractivity contribution in [3.63, 3.8) is 0 Å². The third-order valence-electron chi connectivity index (χ3n) is 3.38. The minimum absolute atomic E-state index is 0.111. The Hall–Kier alpha value is -1.80. The Morgan fingerprint density at radius 2 is 1.47 bits per heavy atom. The van der Waals surface area contributed by atoms with E-state index in [2.05, 4.69) is 26.0 Å². The molecule has 0 aliphatic heterocycles. The summed E-state index contributed by atoms with van der Waals surface area (Å²) in [6, 6.07) is 18.1. The van der Waals surface area contributed by atoms with Gasteiger partial charge in [-0.15, -0.1) is 0 Å². The number of hydrogen-bond donors (Lipinski definition) is 1. The van der Waals surface area contributed by atoms with Crippen LogP contribution >= 0.6 is 0 Å². The van der Waals surface area contributed by atoms with Crippen LogP contribution < -0.4 is 10.5 Å². The molecule has 19 heavy (non-hydrogen) atoms.